The van der Waals surface area contributed by atoms with Crippen molar-refractivity contribution < 1.29 is 27.4 Å². The van der Waals surface area contributed by atoms with Crippen LogP contribution in [-0.4, -0.2) is 83.2 Å². The van der Waals surface area contributed by atoms with E-state index in [1.54, 1.807) is 25.1 Å². The number of fused-ring (bicyclic) bond motifs is 1. The summed E-state index contributed by atoms with van der Waals surface area (Å²) >= 11 is 12.7. The maximum absolute atomic E-state index is 15.4. The summed E-state index contributed by atoms with van der Waals surface area (Å²) in [5, 5.41) is 15.7. The second-order valence-electron chi connectivity index (χ2n) is 17.8. The first kappa shape index (κ1) is 42.5. The number of aliphatic hydroxyl groups is 1. The molecule has 8 rings (SSSR count). The van der Waals surface area contributed by atoms with E-state index in [0.717, 1.165) is 72.1 Å². The van der Waals surface area contributed by atoms with Crippen molar-refractivity contribution in [1.29, 1.82) is 0 Å². The highest BCUT2D eigenvalue weighted by Crippen LogP contribution is 2.44. The molecule has 60 heavy (non-hydrogen) atoms. The number of halogens is 3. The molecule has 318 valence electrons. The molecule has 2 aliphatic carbocycles. The molecule has 1 aliphatic heterocycles. The van der Waals surface area contributed by atoms with Crippen molar-refractivity contribution in [3.63, 3.8) is 0 Å². The van der Waals surface area contributed by atoms with Crippen LogP contribution in [0, 0.1) is 12.3 Å². The Kier molecular flexibility index (Phi) is 11.7. The van der Waals surface area contributed by atoms with Gasteiger partial charge in [0.25, 0.3) is 10.0 Å². The van der Waals surface area contributed by atoms with Crippen LogP contribution in [0.4, 0.5) is 10.1 Å². The Morgan fingerprint density at radius 1 is 0.883 bits per heavy atom. The van der Waals surface area contributed by atoms with E-state index in [2.05, 4.69) is 64.1 Å². The van der Waals surface area contributed by atoms with Gasteiger partial charge in [0.05, 0.1) is 28.9 Å². The van der Waals surface area contributed by atoms with Gasteiger partial charge >= 0.3 is 0 Å². The lowest BCUT2D eigenvalue weighted by atomic mass is 9.72. The minimum atomic E-state index is -4.25. The van der Waals surface area contributed by atoms with Gasteiger partial charge in [-0.05, 0) is 117 Å². The first-order chi connectivity index (χ1) is 28.5. The summed E-state index contributed by atoms with van der Waals surface area (Å²) in [6.45, 7) is 12.7. The number of benzene rings is 3. The van der Waals surface area contributed by atoms with Crippen LogP contribution in [-0.2, 0) is 10.0 Å². The largest absolute Gasteiger partial charge is 0.473 e. The maximum atomic E-state index is 15.4. The molecule has 2 fully saturated rings. The number of alkyl halides is 1. The van der Waals surface area contributed by atoms with Gasteiger partial charge in [0, 0.05) is 49.5 Å². The Bertz CT molecular complexity index is 2520. The van der Waals surface area contributed by atoms with E-state index < -0.39 is 21.3 Å². The lowest BCUT2D eigenvalue weighted by Gasteiger charge is -2.39. The van der Waals surface area contributed by atoms with Crippen LogP contribution in [0.3, 0.4) is 0 Å². The standard InChI is InChI=1S/C46H52Cl2FN5O5S/c1-31-8-13-35(53-22-20-52(21-23-53)29-33-14-15-44(2,3)26-37(33)32-9-11-34(47)12-10-32)24-42(31)59-41-7-5-6-40-38(41)28-51-54(40)60(56,57)36-25-39(48)43(50-27-36)58-30-46(49)18-16-45(4,55)17-19-46/h5-13,24-25,27-28,55H,14-23,26,29-30H2,1-4H3. The van der Waals surface area contributed by atoms with Crippen molar-refractivity contribution in [2.45, 2.75) is 88.8 Å². The number of rotatable bonds is 11. The van der Waals surface area contributed by atoms with E-state index in [1.807, 2.05) is 19.1 Å². The van der Waals surface area contributed by atoms with Crippen molar-refractivity contribution in [2.24, 2.45) is 5.41 Å². The molecule has 3 aliphatic rings. The smallest absolute Gasteiger partial charge is 0.285 e. The summed E-state index contributed by atoms with van der Waals surface area (Å²) in [7, 11) is -4.25. The van der Waals surface area contributed by atoms with Gasteiger partial charge in [0.15, 0.2) is 0 Å². The molecule has 1 saturated heterocycles. The Morgan fingerprint density at radius 2 is 1.62 bits per heavy atom. The molecule has 0 atom stereocenters. The third kappa shape index (κ3) is 9.18. The molecule has 10 nitrogen and oxygen atoms in total. The number of hydrogen-bond donors (Lipinski definition) is 1. The van der Waals surface area contributed by atoms with Crippen LogP contribution in [0.25, 0.3) is 16.5 Å². The molecule has 1 saturated carbocycles. The normalized spacial score (nSPS) is 22.6. The van der Waals surface area contributed by atoms with E-state index in [-0.39, 0.29) is 40.7 Å². The average Bonchev–Trinajstić information content (AvgIpc) is 3.67. The Hall–Kier alpha value is -4.20. The fourth-order valence-electron chi connectivity index (χ4n) is 8.53. The molecule has 0 amide bonds. The highest BCUT2D eigenvalue weighted by atomic mass is 35.5. The molecule has 0 bridgehead atoms. The molecule has 2 aromatic heterocycles. The van der Waals surface area contributed by atoms with Crippen molar-refractivity contribution in [3.05, 3.63) is 106 Å². The molecule has 0 unspecified atom stereocenters. The zero-order valence-electron chi connectivity index (χ0n) is 34.6. The maximum Gasteiger partial charge on any atom is 0.285 e. The van der Waals surface area contributed by atoms with Gasteiger partial charge in [-0.1, -0.05) is 66.9 Å². The van der Waals surface area contributed by atoms with Crippen molar-refractivity contribution in [2.75, 3.05) is 44.2 Å². The van der Waals surface area contributed by atoms with E-state index in [4.69, 9.17) is 32.7 Å². The topological polar surface area (TPSA) is 110 Å². The van der Waals surface area contributed by atoms with Gasteiger partial charge < -0.3 is 19.5 Å². The molecule has 3 heterocycles. The fraction of sp³-hybridized carbons (Fsp3) is 0.435. The predicted octanol–water partition coefficient (Wildman–Crippen LogP) is 10.3. The summed E-state index contributed by atoms with van der Waals surface area (Å²) in [4.78, 5) is 8.88. The van der Waals surface area contributed by atoms with Crippen molar-refractivity contribution >= 4 is 55.4 Å². The van der Waals surface area contributed by atoms with Crippen LogP contribution in [0.5, 0.6) is 17.4 Å². The quantitative estimate of drug-likeness (QED) is 0.139. The number of aromatic nitrogens is 3. The average molecular weight is 877 g/mol. The number of ether oxygens (including phenoxy) is 2. The summed E-state index contributed by atoms with van der Waals surface area (Å²) < 4.78 is 56.2. The Morgan fingerprint density at radius 3 is 2.33 bits per heavy atom. The van der Waals surface area contributed by atoms with E-state index in [0.29, 0.717) is 35.2 Å². The monoisotopic (exact) mass is 875 g/mol. The van der Waals surface area contributed by atoms with E-state index in [1.165, 1.54) is 35.4 Å². The lowest BCUT2D eigenvalue weighted by Crippen LogP contribution is -2.47. The Balaban J connectivity index is 0.941. The predicted molar refractivity (Wildman–Crippen MR) is 236 cm³/mol. The van der Waals surface area contributed by atoms with E-state index in [9.17, 15) is 13.5 Å². The molecule has 1 N–H and O–H groups in total. The minimum Gasteiger partial charge on any atom is -0.473 e. The molecule has 5 aromatic rings. The third-order valence-corrected chi connectivity index (χ3v) is 14.5. The molecular weight excluding hydrogens is 825 g/mol. The van der Waals surface area contributed by atoms with Crippen molar-refractivity contribution in [1.82, 2.24) is 19.1 Å². The van der Waals surface area contributed by atoms with Crippen LogP contribution in [0.2, 0.25) is 10.0 Å². The van der Waals surface area contributed by atoms with Gasteiger partial charge in [0.1, 0.15) is 33.7 Å². The van der Waals surface area contributed by atoms with Crippen LogP contribution in [0.15, 0.2) is 89.6 Å². The second-order valence-corrected chi connectivity index (χ2v) is 20.4. The van der Waals surface area contributed by atoms with Gasteiger partial charge in [-0.2, -0.15) is 17.6 Å². The van der Waals surface area contributed by atoms with Crippen LogP contribution in [0.1, 0.15) is 76.8 Å². The SMILES string of the molecule is Cc1ccc(N2CCN(CC3=C(c4ccc(Cl)cc4)CC(C)(C)CC3)CC2)cc1Oc1cccc2c1cnn2S(=O)(=O)c1cnc(OCC2(F)CCC(C)(O)CC2)c(Cl)c1. The summed E-state index contributed by atoms with van der Waals surface area (Å²) in [6.07, 6.45) is 6.84. The first-order valence-electron chi connectivity index (χ1n) is 20.6. The van der Waals surface area contributed by atoms with Gasteiger partial charge in [0.2, 0.25) is 5.88 Å². The zero-order valence-corrected chi connectivity index (χ0v) is 36.9. The van der Waals surface area contributed by atoms with Gasteiger partial charge in [-0.3, -0.25) is 4.90 Å². The highest BCUT2D eigenvalue weighted by molar-refractivity contribution is 7.90. The number of aryl methyl sites for hydroxylation is 1. The first-order valence-corrected chi connectivity index (χ1v) is 22.8. The van der Waals surface area contributed by atoms with E-state index >= 15 is 4.39 Å². The zero-order chi connectivity index (χ0) is 42.5. The molecular formula is C46H52Cl2FN5O5S. The minimum absolute atomic E-state index is 0.0735. The molecule has 3 aromatic carbocycles. The van der Waals surface area contributed by atoms with Gasteiger partial charge in [-0.15, -0.1) is 0 Å². The second kappa shape index (κ2) is 16.6. The molecule has 14 heteroatoms. The summed E-state index contributed by atoms with van der Waals surface area (Å²) in [6, 6.07) is 20.9. The number of pyridine rings is 1. The molecule has 0 radical (unpaired) electrons. The number of nitrogens with zero attached hydrogens (tertiary/aromatic N) is 5. The van der Waals surface area contributed by atoms with Crippen molar-refractivity contribution in [3.8, 4) is 17.4 Å². The summed E-state index contributed by atoms with van der Waals surface area (Å²) in [5.74, 6) is 1.06. The third-order valence-electron chi connectivity index (χ3n) is 12.5. The fourth-order valence-corrected chi connectivity index (χ4v) is 10.2. The number of allylic oxidation sites excluding steroid dienone is 1. The number of hydrogen-bond acceptors (Lipinski definition) is 9. The number of anilines is 1. The number of piperazine rings is 1. The summed E-state index contributed by atoms with van der Waals surface area (Å²) in [5.41, 5.74) is 4.32. The molecule has 0 spiro atoms. The van der Waals surface area contributed by atoms with Crippen LogP contribution < -0.4 is 14.4 Å². The lowest BCUT2D eigenvalue weighted by molar-refractivity contribution is -0.0483. The Labute approximate surface area is 362 Å². The van der Waals surface area contributed by atoms with Gasteiger partial charge in [-0.25, -0.2) is 9.37 Å². The highest BCUT2D eigenvalue weighted by Gasteiger charge is 2.41. The van der Waals surface area contributed by atoms with Crippen LogP contribution >= 0.6 is 23.2 Å².